The molecule has 0 heterocycles. The lowest BCUT2D eigenvalue weighted by Crippen LogP contribution is -2.13. The Hall–Kier alpha value is -1.81. The summed E-state index contributed by atoms with van der Waals surface area (Å²) in [5, 5.41) is 0. The number of methoxy groups -OCH3 is 1. The second kappa shape index (κ2) is 5.23. The van der Waals surface area contributed by atoms with Crippen LogP contribution in [0.4, 0.5) is 0 Å². The number of ether oxygens (including phenoxy) is 1. The first kappa shape index (κ1) is 12.6. The molecule has 2 aromatic carbocycles. The van der Waals surface area contributed by atoms with E-state index < -0.39 is 5.91 Å². The van der Waals surface area contributed by atoms with Crippen molar-refractivity contribution in [3.63, 3.8) is 0 Å². The lowest BCUT2D eigenvalue weighted by atomic mass is 10.0. The number of primary amides is 1. The van der Waals surface area contributed by atoms with Gasteiger partial charge in [-0.05, 0) is 39.2 Å². The van der Waals surface area contributed by atoms with Crippen LogP contribution in [0.1, 0.15) is 10.4 Å². The Morgan fingerprint density at radius 3 is 2.39 bits per heavy atom. The molecule has 0 atom stereocenters. The monoisotopic (exact) mass is 305 g/mol. The smallest absolute Gasteiger partial charge is 0.252 e. The fourth-order valence-corrected chi connectivity index (χ4v) is 2.40. The predicted molar refractivity (Wildman–Crippen MR) is 74.6 cm³/mol. The van der Waals surface area contributed by atoms with Crippen molar-refractivity contribution in [2.75, 3.05) is 7.11 Å². The van der Waals surface area contributed by atoms with Crippen LogP contribution in [0.5, 0.6) is 5.75 Å². The number of amides is 1. The minimum Gasteiger partial charge on any atom is -0.495 e. The van der Waals surface area contributed by atoms with Crippen molar-refractivity contribution >= 4 is 21.8 Å². The maximum absolute atomic E-state index is 11.4. The maximum atomic E-state index is 11.4. The summed E-state index contributed by atoms with van der Waals surface area (Å²) in [6.07, 6.45) is 0. The number of halogens is 1. The number of rotatable bonds is 3. The Bertz CT molecular complexity index is 582. The van der Waals surface area contributed by atoms with Crippen molar-refractivity contribution in [1.82, 2.24) is 0 Å². The zero-order valence-corrected chi connectivity index (χ0v) is 11.4. The molecular formula is C14H12BrNO2. The Balaban J connectivity index is 2.62. The fourth-order valence-electron chi connectivity index (χ4n) is 1.78. The van der Waals surface area contributed by atoms with Gasteiger partial charge in [0.2, 0.25) is 0 Å². The van der Waals surface area contributed by atoms with Crippen LogP contribution in [0, 0.1) is 0 Å². The van der Waals surface area contributed by atoms with E-state index in [9.17, 15) is 4.79 Å². The van der Waals surface area contributed by atoms with Gasteiger partial charge < -0.3 is 10.5 Å². The minimum atomic E-state index is -0.509. The summed E-state index contributed by atoms with van der Waals surface area (Å²) in [5.41, 5.74) is 7.66. The van der Waals surface area contributed by atoms with Crippen molar-refractivity contribution in [2.45, 2.75) is 0 Å². The highest BCUT2D eigenvalue weighted by molar-refractivity contribution is 9.10. The number of carbonyl (C=O) groups excluding carboxylic acids is 1. The third-order valence-corrected chi connectivity index (χ3v) is 3.21. The van der Waals surface area contributed by atoms with E-state index in [1.165, 1.54) is 7.11 Å². The summed E-state index contributed by atoms with van der Waals surface area (Å²) in [6, 6.07) is 13.4. The predicted octanol–water partition coefficient (Wildman–Crippen LogP) is 3.22. The highest BCUT2D eigenvalue weighted by Crippen LogP contribution is 2.34. The minimum absolute atomic E-state index is 0.366. The van der Waals surface area contributed by atoms with Gasteiger partial charge in [0.25, 0.3) is 5.91 Å². The molecule has 1 amide bonds. The number of hydrogen-bond donors (Lipinski definition) is 1. The van der Waals surface area contributed by atoms with Crippen molar-refractivity contribution in [1.29, 1.82) is 0 Å². The quantitative estimate of drug-likeness (QED) is 0.946. The van der Waals surface area contributed by atoms with E-state index in [2.05, 4.69) is 15.9 Å². The number of benzene rings is 2. The zero-order chi connectivity index (χ0) is 13.1. The molecule has 0 aliphatic rings. The molecule has 2 rings (SSSR count). The van der Waals surface area contributed by atoms with Crippen molar-refractivity contribution in [2.24, 2.45) is 5.73 Å². The highest BCUT2D eigenvalue weighted by Gasteiger charge is 2.14. The van der Waals surface area contributed by atoms with Gasteiger partial charge >= 0.3 is 0 Å². The number of nitrogens with two attached hydrogens (primary N) is 1. The lowest BCUT2D eigenvalue weighted by Gasteiger charge is -2.11. The molecule has 4 heteroatoms. The summed E-state index contributed by atoms with van der Waals surface area (Å²) >= 11 is 3.39. The standard InChI is InChI=1S/C14H12BrNO2/c1-18-13-11(14(16)17)7-10(8-12(13)15)9-5-3-2-4-6-9/h2-8H,1H3,(H2,16,17). The molecule has 0 saturated carbocycles. The van der Waals surface area contributed by atoms with Gasteiger partial charge in [0.05, 0.1) is 17.1 Å². The average Bonchev–Trinajstić information content (AvgIpc) is 2.38. The summed E-state index contributed by atoms with van der Waals surface area (Å²) in [5.74, 6) is -0.0486. The van der Waals surface area contributed by atoms with Gasteiger partial charge in [-0.25, -0.2) is 0 Å². The van der Waals surface area contributed by atoms with E-state index in [-0.39, 0.29) is 0 Å². The van der Waals surface area contributed by atoms with E-state index in [0.29, 0.717) is 15.8 Å². The van der Waals surface area contributed by atoms with Gasteiger partial charge in [-0.3, -0.25) is 4.79 Å². The molecule has 0 unspecified atom stereocenters. The topological polar surface area (TPSA) is 52.3 Å². The summed E-state index contributed by atoms with van der Waals surface area (Å²) in [7, 11) is 1.51. The van der Waals surface area contributed by atoms with E-state index in [1.807, 2.05) is 36.4 Å². The van der Waals surface area contributed by atoms with Crippen LogP contribution in [0.2, 0.25) is 0 Å². The van der Waals surface area contributed by atoms with Crippen LogP contribution < -0.4 is 10.5 Å². The van der Waals surface area contributed by atoms with Crippen LogP contribution in [0.3, 0.4) is 0 Å². The largest absolute Gasteiger partial charge is 0.495 e. The summed E-state index contributed by atoms with van der Waals surface area (Å²) < 4.78 is 5.89. The molecule has 3 nitrogen and oxygen atoms in total. The van der Waals surface area contributed by atoms with Gasteiger partial charge in [-0.2, -0.15) is 0 Å². The van der Waals surface area contributed by atoms with E-state index >= 15 is 0 Å². The molecule has 2 aromatic rings. The van der Waals surface area contributed by atoms with Crippen molar-refractivity contribution in [3.05, 3.63) is 52.5 Å². The van der Waals surface area contributed by atoms with Gasteiger partial charge in [-0.15, -0.1) is 0 Å². The third kappa shape index (κ3) is 2.38. The van der Waals surface area contributed by atoms with E-state index in [1.54, 1.807) is 6.07 Å². The van der Waals surface area contributed by atoms with Gasteiger partial charge in [0.1, 0.15) is 5.75 Å². The Kier molecular flexibility index (Phi) is 3.67. The van der Waals surface area contributed by atoms with Crippen molar-refractivity contribution < 1.29 is 9.53 Å². The molecule has 0 aromatic heterocycles. The lowest BCUT2D eigenvalue weighted by molar-refractivity contribution is 0.0997. The second-order valence-corrected chi connectivity index (χ2v) is 4.62. The Morgan fingerprint density at radius 1 is 1.17 bits per heavy atom. The maximum Gasteiger partial charge on any atom is 0.252 e. The van der Waals surface area contributed by atoms with E-state index in [4.69, 9.17) is 10.5 Å². The molecule has 0 aliphatic carbocycles. The summed E-state index contributed by atoms with van der Waals surface area (Å²) in [4.78, 5) is 11.4. The average molecular weight is 306 g/mol. The van der Waals surface area contributed by atoms with Crippen LogP contribution >= 0.6 is 15.9 Å². The van der Waals surface area contributed by atoms with Gasteiger partial charge in [0.15, 0.2) is 0 Å². The first-order valence-corrected chi connectivity index (χ1v) is 6.15. The molecule has 0 radical (unpaired) electrons. The Morgan fingerprint density at radius 2 is 1.83 bits per heavy atom. The normalized spacial score (nSPS) is 10.1. The molecule has 0 fully saturated rings. The first-order chi connectivity index (χ1) is 8.63. The molecule has 0 spiro atoms. The van der Waals surface area contributed by atoms with Crippen LogP contribution in [-0.2, 0) is 0 Å². The van der Waals surface area contributed by atoms with E-state index in [0.717, 1.165) is 11.1 Å². The Labute approximate surface area is 114 Å². The zero-order valence-electron chi connectivity index (χ0n) is 9.81. The number of hydrogen-bond acceptors (Lipinski definition) is 2. The third-order valence-electron chi connectivity index (χ3n) is 2.62. The van der Waals surface area contributed by atoms with Gasteiger partial charge in [0, 0.05) is 0 Å². The van der Waals surface area contributed by atoms with Gasteiger partial charge in [-0.1, -0.05) is 30.3 Å². The highest BCUT2D eigenvalue weighted by atomic mass is 79.9. The fraction of sp³-hybridized carbons (Fsp3) is 0.0714. The SMILES string of the molecule is COc1c(Br)cc(-c2ccccc2)cc1C(N)=O. The molecule has 2 N–H and O–H groups in total. The molecule has 92 valence electrons. The molecule has 0 aliphatic heterocycles. The second-order valence-electron chi connectivity index (χ2n) is 3.77. The molecule has 0 bridgehead atoms. The van der Waals surface area contributed by atoms with Crippen molar-refractivity contribution in [3.8, 4) is 16.9 Å². The first-order valence-electron chi connectivity index (χ1n) is 5.36. The molecule has 0 saturated heterocycles. The van der Waals surface area contributed by atoms with Crippen LogP contribution in [0.15, 0.2) is 46.9 Å². The molecule has 18 heavy (non-hydrogen) atoms. The summed E-state index contributed by atoms with van der Waals surface area (Å²) in [6.45, 7) is 0. The molecular weight excluding hydrogens is 294 g/mol. The van der Waals surface area contributed by atoms with Crippen LogP contribution in [0.25, 0.3) is 11.1 Å². The number of carbonyl (C=O) groups is 1. The van der Waals surface area contributed by atoms with Crippen LogP contribution in [-0.4, -0.2) is 13.0 Å².